The van der Waals surface area contributed by atoms with Crippen LogP contribution in [0.4, 0.5) is 0 Å². The predicted octanol–water partition coefficient (Wildman–Crippen LogP) is 3.16. The molecule has 0 amide bonds. The van der Waals surface area contributed by atoms with Gasteiger partial charge >= 0.3 is 5.97 Å². The van der Waals surface area contributed by atoms with E-state index in [1.807, 2.05) is 0 Å². The fourth-order valence-corrected chi connectivity index (χ4v) is 3.47. The van der Waals surface area contributed by atoms with Gasteiger partial charge in [-0.05, 0) is 30.3 Å². The molecule has 25 heavy (non-hydrogen) atoms. The maximum atomic E-state index is 11.7. The normalized spacial score (nSPS) is 12.0. The van der Waals surface area contributed by atoms with E-state index in [4.69, 9.17) is 32.1 Å². The van der Waals surface area contributed by atoms with Crippen molar-refractivity contribution in [3.63, 3.8) is 0 Å². The Morgan fingerprint density at radius 2 is 1.60 bits per heavy atom. The van der Waals surface area contributed by atoms with Gasteiger partial charge in [0.2, 0.25) is 0 Å². The molecule has 0 atom stereocenters. The van der Waals surface area contributed by atoms with Gasteiger partial charge in [-0.3, -0.25) is 0 Å². The molecule has 11 heteroatoms. The Morgan fingerprint density at radius 1 is 1.04 bits per heavy atom. The summed E-state index contributed by atoms with van der Waals surface area (Å²) in [5.41, 5.74) is -0.445. The van der Waals surface area contributed by atoms with Crippen molar-refractivity contribution in [1.82, 2.24) is 0 Å². The van der Waals surface area contributed by atoms with E-state index in [-0.39, 0.29) is 26.3 Å². The number of halogens is 2. The van der Waals surface area contributed by atoms with Crippen molar-refractivity contribution >= 4 is 47.1 Å². The van der Waals surface area contributed by atoms with E-state index in [2.05, 4.69) is 0 Å². The van der Waals surface area contributed by atoms with Gasteiger partial charge in [0.05, 0.1) is 20.4 Å². The van der Waals surface area contributed by atoms with E-state index < -0.39 is 30.4 Å². The highest BCUT2D eigenvalue weighted by molar-refractivity contribution is 8.13. The summed E-state index contributed by atoms with van der Waals surface area (Å²) in [5, 5.41) is 8.86. The zero-order chi connectivity index (χ0) is 19.0. The van der Waals surface area contributed by atoms with Crippen LogP contribution in [0.3, 0.4) is 0 Å². The van der Waals surface area contributed by atoms with Crippen LogP contribution in [0.5, 0.6) is 11.5 Å². The monoisotopic (exact) mass is 424 g/mol. The summed E-state index contributed by atoms with van der Waals surface area (Å²) in [6, 6.07) is 6.87. The second kappa shape index (κ2) is 6.83. The van der Waals surface area contributed by atoms with Crippen molar-refractivity contribution in [1.29, 1.82) is 0 Å². The molecular formula is C14H10Cl2O7S2. The Kier molecular flexibility index (Phi) is 5.33. The lowest BCUT2D eigenvalue weighted by Crippen LogP contribution is -2.04. The summed E-state index contributed by atoms with van der Waals surface area (Å²) in [6.45, 7) is 0. The third-order valence-electron chi connectivity index (χ3n) is 3.00. The van der Waals surface area contributed by atoms with Gasteiger partial charge in [0.25, 0.3) is 9.05 Å². The number of rotatable bonds is 5. The molecule has 7 nitrogen and oxygen atoms in total. The molecule has 0 bridgehead atoms. The van der Waals surface area contributed by atoms with Crippen molar-refractivity contribution in [2.24, 2.45) is 0 Å². The minimum Gasteiger partial charge on any atom is -0.478 e. The number of carbonyl (C=O) groups is 1. The number of sulfone groups is 1. The summed E-state index contributed by atoms with van der Waals surface area (Å²) in [4.78, 5) is 10.8. The number of benzene rings is 2. The quantitative estimate of drug-likeness (QED) is 0.732. The smallest absolute Gasteiger partial charge is 0.337 e. The van der Waals surface area contributed by atoms with Crippen molar-refractivity contribution in [2.45, 2.75) is 9.79 Å². The van der Waals surface area contributed by atoms with E-state index in [0.29, 0.717) is 0 Å². The molecule has 2 aromatic carbocycles. The second-order valence-corrected chi connectivity index (χ2v) is 9.83. The molecular weight excluding hydrogens is 415 g/mol. The first-order valence-corrected chi connectivity index (χ1v) is 11.0. The van der Waals surface area contributed by atoms with Crippen LogP contribution in [0.2, 0.25) is 5.02 Å². The van der Waals surface area contributed by atoms with Gasteiger partial charge in [-0.15, -0.1) is 0 Å². The van der Waals surface area contributed by atoms with Crippen molar-refractivity contribution in [2.75, 3.05) is 6.26 Å². The number of aromatic carboxylic acids is 1. The Morgan fingerprint density at radius 3 is 2.04 bits per heavy atom. The summed E-state index contributed by atoms with van der Waals surface area (Å²) in [5.74, 6) is -1.53. The number of ether oxygens (including phenoxy) is 1. The van der Waals surface area contributed by atoms with Crippen LogP contribution in [-0.4, -0.2) is 34.2 Å². The van der Waals surface area contributed by atoms with E-state index >= 15 is 0 Å². The summed E-state index contributed by atoms with van der Waals surface area (Å²) < 4.78 is 51.2. The minimum atomic E-state index is -3.91. The average molecular weight is 425 g/mol. The largest absolute Gasteiger partial charge is 0.478 e. The molecule has 2 aromatic rings. The molecule has 0 aliphatic rings. The molecule has 0 aliphatic heterocycles. The SMILES string of the molecule is CS(=O)(=O)c1cc(Oc2ccc(S(=O)(=O)Cl)cc2)c(Cl)c(C(=O)O)c1. The van der Waals surface area contributed by atoms with Crippen LogP contribution in [0.1, 0.15) is 10.4 Å². The first kappa shape index (κ1) is 19.5. The Balaban J connectivity index is 2.52. The molecule has 0 aromatic heterocycles. The van der Waals surface area contributed by atoms with Crippen LogP contribution in [0.25, 0.3) is 0 Å². The molecule has 134 valence electrons. The van der Waals surface area contributed by atoms with E-state index in [1.165, 1.54) is 24.3 Å². The van der Waals surface area contributed by atoms with Gasteiger partial charge in [0.1, 0.15) is 11.5 Å². The fourth-order valence-electron chi connectivity index (χ4n) is 1.81. The van der Waals surface area contributed by atoms with Gasteiger partial charge in [-0.1, -0.05) is 11.6 Å². The zero-order valence-electron chi connectivity index (χ0n) is 12.4. The number of carboxylic acids is 1. The number of hydrogen-bond acceptors (Lipinski definition) is 6. The molecule has 0 heterocycles. The number of carboxylic acid groups (broad SMARTS) is 1. The lowest BCUT2D eigenvalue weighted by atomic mass is 10.2. The molecule has 2 rings (SSSR count). The van der Waals surface area contributed by atoms with Crippen LogP contribution < -0.4 is 4.74 Å². The van der Waals surface area contributed by atoms with E-state index in [9.17, 15) is 21.6 Å². The van der Waals surface area contributed by atoms with E-state index in [0.717, 1.165) is 18.4 Å². The summed E-state index contributed by atoms with van der Waals surface area (Å²) in [6.07, 6.45) is 0.909. The summed E-state index contributed by atoms with van der Waals surface area (Å²) >= 11 is 5.96. The van der Waals surface area contributed by atoms with Crippen molar-refractivity contribution < 1.29 is 31.5 Å². The Hall–Kier alpha value is -1.81. The molecule has 0 saturated carbocycles. The first-order chi connectivity index (χ1) is 11.4. The maximum absolute atomic E-state index is 11.7. The Labute approximate surface area is 153 Å². The van der Waals surface area contributed by atoms with Gasteiger partial charge in [-0.25, -0.2) is 21.6 Å². The fraction of sp³-hybridized carbons (Fsp3) is 0.0714. The highest BCUT2D eigenvalue weighted by atomic mass is 35.7. The van der Waals surface area contributed by atoms with E-state index in [1.54, 1.807) is 0 Å². The Bertz CT molecular complexity index is 1040. The molecule has 0 spiro atoms. The average Bonchev–Trinajstić information content (AvgIpc) is 2.47. The lowest BCUT2D eigenvalue weighted by Gasteiger charge is -2.12. The summed E-state index contributed by atoms with van der Waals surface area (Å²) in [7, 11) is -2.43. The van der Waals surface area contributed by atoms with Crippen LogP contribution in [0.15, 0.2) is 46.2 Å². The molecule has 0 radical (unpaired) electrons. The molecule has 0 fully saturated rings. The highest BCUT2D eigenvalue weighted by Crippen LogP contribution is 2.35. The topological polar surface area (TPSA) is 115 Å². The van der Waals surface area contributed by atoms with Gasteiger partial charge in [-0.2, -0.15) is 0 Å². The van der Waals surface area contributed by atoms with Gasteiger partial charge < -0.3 is 9.84 Å². The van der Waals surface area contributed by atoms with Crippen LogP contribution >= 0.6 is 22.3 Å². The van der Waals surface area contributed by atoms with Crippen molar-refractivity contribution in [3.8, 4) is 11.5 Å². The van der Waals surface area contributed by atoms with Crippen LogP contribution in [0, 0.1) is 0 Å². The van der Waals surface area contributed by atoms with Gasteiger partial charge in [0, 0.05) is 23.0 Å². The molecule has 0 aliphatic carbocycles. The highest BCUT2D eigenvalue weighted by Gasteiger charge is 2.20. The second-order valence-electron chi connectivity index (χ2n) is 4.87. The molecule has 1 N–H and O–H groups in total. The molecule has 0 saturated heterocycles. The number of hydrogen-bond donors (Lipinski definition) is 1. The minimum absolute atomic E-state index is 0.105. The van der Waals surface area contributed by atoms with Crippen LogP contribution in [-0.2, 0) is 18.9 Å². The lowest BCUT2D eigenvalue weighted by molar-refractivity contribution is 0.0696. The van der Waals surface area contributed by atoms with Crippen molar-refractivity contribution in [3.05, 3.63) is 47.0 Å². The molecule has 0 unspecified atom stereocenters. The maximum Gasteiger partial charge on any atom is 0.337 e. The third-order valence-corrected chi connectivity index (χ3v) is 5.86. The first-order valence-electron chi connectivity index (χ1n) is 6.39. The zero-order valence-corrected chi connectivity index (χ0v) is 15.6. The standard InChI is InChI=1S/C14H10Cl2O7S2/c1-24(19,20)10-6-11(14(17)18)13(15)12(7-10)23-8-2-4-9(5-3-8)25(16,21)22/h2-7H,1H3,(H,17,18). The van der Waals surface area contributed by atoms with Gasteiger partial charge in [0.15, 0.2) is 9.84 Å². The third kappa shape index (κ3) is 4.63. The predicted molar refractivity (Wildman–Crippen MR) is 91.1 cm³/mol.